The van der Waals surface area contributed by atoms with E-state index in [1.807, 2.05) is 38.1 Å². The van der Waals surface area contributed by atoms with Crippen LogP contribution in [0, 0.1) is 0 Å². The lowest BCUT2D eigenvalue weighted by Gasteiger charge is -2.11. The highest BCUT2D eigenvalue weighted by atomic mass is 16.7. The molecule has 0 spiro atoms. The van der Waals surface area contributed by atoms with Crippen LogP contribution in [0.5, 0.6) is 11.5 Å². The highest BCUT2D eigenvalue weighted by Gasteiger charge is 2.08. The topological polar surface area (TPSA) is 56.4 Å². The molecule has 0 atom stereocenters. The first-order valence-electron chi connectivity index (χ1n) is 7.55. The zero-order valence-electron chi connectivity index (χ0n) is 13.9. The average molecular weight is 314 g/mol. The Labute approximate surface area is 136 Å². The van der Waals surface area contributed by atoms with Crippen molar-refractivity contribution in [2.45, 2.75) is 13.8 Å². The number of aromatic amines is 1. The predicted molar refractivity (Wildman–Crippen MR) is 91.9 cm³/mol. The van der Waals surface area contributed by atoms with Gasteiger partial charge in [-0.05, 0) is 29.3 Å². The summed E-state index contributed by atoms with van der Waals surface area (Å²) in [4.78, 5) is 0. The van der Waals surface area contributed by atoms with Crippen molar-refractivity contribution in [2.24, 2.45) is 0 Å². The maximum Gasteiger partial charge on any atom is 0.188 e. The van der Waals surface area contributed by atoms with Crippen LogP contribution in [0.15, 0.2) is 42.6 Å². The minimum atomic E-state index is 0.190. The molecule has 1 heterocycles. The van der Waals surface area contributed by atoms with Crippen LogP contribution < -0.4 is 9.47 Å². The molecule has 0 unspecified atom stereocenters. The SMILES string of the molecule is CC.COCOc1ccc(-c2ccc3cn[nH]c3c2)cc1OC. The molecule has 5 heteroatoms. The van der Waals surface area contributed by atoms with Gasteiger partial charge in [0.25, 0.3) is 0 Å². The summed E-state index contributed by atoms with van der Waals surface area (Å²) in [6.07, 6.45) is 1.81. The van der Waals surface area contributed by atoms with Crippen LogP contribution in [0.3, 0.4) is 0 Å². The Balaban J connectivity index is 0.000000924. The number of methoxy groups -OCH3 is 2. The second-order valence-corrected chi connectivity index (χ2v) is 4.59. The number of benzene rings is 2. The van der Waals surface area contributed by atoms with Crippen LogP contribution in [0.2, 0.25) is 0 Å². The third kappa shape index (κ3) is 3.81. The fraction of sp³-hybridized carbons (Fsp3) is 0.278. The summed E-state index contributed by atoms with van der Waals surface area (Å²) in [7, 11) is 3.21. The lowest BCUT2D eigenvalue weighted by Crippen LogP contribution is -2.00. The Morgan fingerprint density at radius 3 is 2.43 bits per heavy atom. The number of ether oxygens (including phenoxy) is 3. The van der Waals surface area contributed by atoms with Crippen LogP contribution in [-0.4, -0.2) is 31.2 Å². The number of nitrogens with one attached hydrogen (secondary N) is 1. The molecule has 3 aromatic rings. The third-order valence-electron chi connectivity index (χ3n) is 3.27. The van der Waals surface area contributed by atoms with E-state index in [0.29, 0.717) is 11.5 Å². The third-order valence-corrected chi connectivity index (χ3v) is 3.27. The van der Waals surface area contributed by atoms with Gasteiger partial charge in [0.15, 0.2) is 18.3 Å². The lowest BCUT2D eigenvalue weighted by atomic mass is 10.0. The van der Waals surface area contributed by atoms with E-state index in [2.05, 4.69) is 22.3 Å². The highest BCUT2D eigenvalue weighted by molar-refractivity contribution is 5.84. The molecule has 0 bridgehead atoms. The normalized spacial score (nSPS) is 10.1. The Morgan fingerprint density at radius 2 is 1.70 bits per heavy atom. The standard InChI is InChI=1S/C16H16N2O3.C2H6/c1-19-10-21-15-6-5-12(8-16(15)20-2)11-3-4-13-9-17-18-14(13)7-11;1-2/h3-9H,10H2,1-2H3,(H,17,18);1-2H3. The van der Waals surface area contributed by atoms with Crippen molar-refractivity contribution >= 4 is 10.9 Å². The Kier molecular flexibility index (Phi) is 6.00. The number of fused-ring (bicyclic) bond motifs is 1. The maximum atomic E-state index is 5.46. The van der Waals surface area contributed by atoms with E-state index >= 15 is 0 Å². The van der Waals surface area contributed by atoms with Gasteiger partial charge in [-0.2, -0.15) is 5.10 Å². The summed E-state index contributed by atoms with van der Waals surface area (Å²) in [6.45, 7) is 4.19. The van der Waals surface area contributed by atoms with Crippen LogP contribution in [0.4, 0.5) is 0 Å². The highest BCUT2D eigenvalue weighted by Crippen LogP contribution is 2.33. The molecule has 0 aliphatic rings. The average Bonchev–Trinajstić information content (AvgIpc) is 3.09. The molecule has 0 saturated heterocycles. The van der Waals surface area contributed by atoms with Gasteiger partial charge in [0.05, 0.1) is 18.8 Å². The molecule has 3 rings (SSSR count). The van der Waals surface area contributed by atoms with Crippen molar-refractivity contribution in [1.82, 2.24) is 10.2 Å². The van der Waals surface area contributed by atoms with Crippen molar-refractivity contribution in [1.29, 1.82) is 0 Å². The molecule has 5 nitrogen and oxygen atoms in total. The van der Waals surface area contributed by atoms with Gasteiger partial charge in [-0.3, -0.25) is 5.10 Å². The number of nitrogens with zero attached hydrogens (tertiary/aromatic N) is 1. The summed E-state index contributed by atoms with van der Waals surface area (Å²) in [5.74, 6) is 1.33. The molecule has 0 radical (unpaired) electrons. The Hall–Kier alpha value is -2.53. The second kappa shape index (κ2) is 8.19. The molecule has 0 amide bonds. The van der Waals surface area contributed by atoms with E-state index in [9.17, 15) is 0 Å². The molecular weight excluding hydrogens is 292 g/mol. The molecule has 1 N–H and O–H groups in total. The fourth-order valence-corrected chi connectivity index (χ4v) is 2.21. The Morgan fingerprint density at radius 1 is 0.957 bits per heavy atom. The van der Waals surface area contributed by atoms with E-state index in [0.717, 1.165) is 22.0 Å². The first-order valence-corrected chi connectivity index (χ1v) is 7.55. The number of H-pyrrole nitrogens is 1. The molecule has 2 aromatic carbocycles. The van der Waals surface area contributed by atoms with Crippen LogP contribution in [0.25, 0.3) is 22.0 Å². The number of rotatable bonds is 5. The molecule has 23 heavy (non-hydrogen) atoms. The monoisotopic (exact) mass is 314 g/mol. The number of hydrogen-bond donors (Lipinski definition) is 1. The molecule has 122 valence electrons. The summed E-state index contributed by atoms with van der Waals surface area (Å²) >= 11 is 0. The summed E-state index contributed by atoms with van der Waals surface area (Å²) in [5.41, 5.74) is 3.14. The number of hydrogen-bond acceptors (Lipinski definition) is 4. The molecular formula is C18H22N2O3. The zero-order chi connectivity index (χ0) is 16.7. The van der Waals surface area contributed by atoms with Crippen LogP contribution >= 0.6 is 0 Å². The molecule has 0 saturated carbocycles. The van der Waals surface area contributed by atoms with Crippen molar-refractivity contribution in [3.05, 3.63) is 42.6 Å². The largest absolute Gasteiger partial charge is 0.493 e. The van der Waals surface area contributed by atoms with E-state index in [-0.39, 0.29) is 6.79 Å². The van der Waals surface area contributed by atoms with Gasteiger partial charge in [0, 0.05) is 12.5 Å². The summed E-state index contributed by atoms with van der Waals surface area (Å²) in [5, 5.41) is 8.10. The molecule has 0 aliphatic carbocycles. The maximum absolute atomic E-state index is 5.46. The fourth-order valence-electron chi connectivity index (χ4n) is 2.21. The van der Waals surface area contributed by atoms with Crippen molar-refractivity contribution in [3.8, 4) is 22.6 Å². The van der Waals surface area contributed by atoms with Crippen LogP contribution in [0.1, 0.15) is 13.8 Å². The van der Waals surface area contributed by atoms with Gasteiger partial charge in [0.2, 0.25) is 0 Å². The lowest BCUT2D eigenvalue weighted by molar-refractivity contribution is 0.0492. The van der Waals surface area contributed by atoms with E-state index < -0.39 is 0 Å². The summed E-state index contributed by atoms with van der Waals surface area (Å²) < 4.78 is 15.7. The second-order valence-electron chi connectivity index (χ2n) is 4.59. The van der Waals surface area contributed by atoms with Crippen LogP contribution in [-0.2, 0) is 4.74 Å². The Bertz CT molecular complexity index is 753. The molecule has 0 aliphatic heterocycles. The number of aromatic nitrogens is 2. The van der Waals surface area contributed by atoms with E-state index in [4.69, 9.17) is 14.2 Å². The van der Waals surface area contributed by atoms with Gasteiger partial charge < -0.3 is 14.2 Å². The molecule has 0 fully saturated rings. The first-order chi connectivity index (χ1) is 11.3. The van der Waals surface area contributed by atoms with Crippen molar-refractivity contribution in [3.63, 3.8) is 0 Å². The van der Waals surface area contributed by atoms with Gasteiger partial charge >= 0.3 is 0 Å². The van der Waals surface area contributed by atoms with E-state index in [1.54, 1.807) is 20.4 Å². The molecule has 1 aromatic heterocycles. The quantitative estimate of drug-likeness (QED) is 0.715. The van der Waals surface area contributed by atoms with Gasteiger partial charge in [-0.25, -0.2) is 0 Å². The minimum absolute atomic E-state index is 0.190. The van der Waals surface area contributed by atoms with Crippen molar-refractivity contribution in [2.75, 3.05) is 21.0 Å². The van der Waals surface area contributed by atoms with Gasteiger partial charge in [0.1, 0.15) is 0 Å². The first kappa shape index (κ1) is 16.8. The zero-order valence-corrected chi connectivity index (χ0v) is 13.9. The van der Waals surface area contributed by atoms with Crippen molar-refractivity contribution < 1.29 is 14.2 Å². The predicted octanol–water partition coefficient (Wildman–Crippen LogP) is 4.25. The van der Waals surface area contributed by atoms with Gasteiger partial charge in [-0.15, -0.1) is 0 Å². The smallest absolute Gasteiger partial charge is 0.188 e. The minimum Gasteiger partial charge on any atom is -0.493 e. The van der Waals surface area contributed by atoms with Gasteiger partial charge in [-0.1, -0.05) is 32.0 Å². The van der Waals surface area contributed by atoms with E-state index in [1.165, 1.54) is 0 Å². The summed E-state index contributed by atoms with van der Waals surface area (Å²) in [6, 6.07) is 12.0.